The van der Waals surface area contributed by atoms with Gasteiger partial charge in [-0.2, -0.15) is 0 Å². The number of methoxy groups -OCH3 is 1. The Hall–Kier alpha value is -1.39. The van der Waals surface area contributed by atoms with Crippen molar-refractivity contribution < 1.29 is 9.53 Å². The van der Waals surface area contributed by atoms with Crippen LogP contribution in [0.3, 0.4) is 0 Å². The molecule has 0 radical (unpaired) electrons. The van der Waals surface area contributed by atoms with Crippen LogP contribution in [0.15, 0.2) is 18.2 Å². The van der Waals surface area contributed by atoms with Crippen molar-refractivity contribution in [3.05, 3.63) is 34.9 Å². The zero-order valence-electron chi connectivity index (χ0n) is 10.4. The quantitative estimate of drug-likeness (QED) is 0.759. The lowest BCUT2D eigenvalue weighted by atomic mass is 9.96. The summed E-state index contributed by atoms with van der Waals surface area (Å²) in [4.78, 5) is 11.4. The van der Waals surface area contributed by atoms with E-state index in [9.17, 15) is 4.79 Å². The standard InChI is InChI=1S/C13H18N2O2/c1-8-4-5-10(9(2)6-8)11-7-12(15-14-11)13(16)17-3/h4-6,11-12,14-15H,7H2,1-3H3. The Morgan fingerprint density at radius 3 is 2.76 bits per heavy atom. The summed E-state index contributed by atoms with van der Waals surface area (Å²) in [6, 6.07) is 6.27. The number of aryl methyl sites for hydroxylation is 2. The molecule has 2 N–H and O–H groups in total. The lowest BCUT2D eigenvalue weighted by Gasteiger charge is -2.13. The van der Waals surface area contributed by atoms with E-state index in [1.807, 2.05) is 0 Å². The third kappa shape index (κ3) is 2.48. The zero-order chi connectivity index (χ0) is 12.4. The molecule has 92 valence electrons. The second-order valence-corrected chi connectivity index (χ2v) is 4.51. The minimum Gasteiger partial charge on any atom is -0.468 e. The molecule has 2 rings (SSSR count). The van der Waals surface area contributed by atoms with E-state index in [-0.39, 0.29) is 18.1 Å². The maximum absolute atomic E-state index is 11.4. The average molecular weight is 234 g/mol. The molecule has 0 aliphatic carbocycles. The van der Waals surface area contributed by atoms with E-state index < -0.39 is 0 Å². The van der Waals surface area contributed by atoms with Gasteiger partial charge in [0.15, 0.2) is 0 Å². The molecule has 0 bridgehead atoms. The molecule has 17 heavy (non-hydrogen) atoms. The zero-order valence-corrected chi connectivity index (χ0v) is 10.4. The predicted molar refractivity (Wildman–Crippen MR) is 65.3 cm³/mol. The Bertz CT molecular complexity index is 431. The van der Waals surface area contributed by atoms with Gasteiger partial charge in [0.1, 0.15) is 6.04 Å². The number of carbonyl (C=O) groups is 1. The van der Waals surface area contributed by atoms with Gasteiger partial charge in [-0.15, -0.1) is 0 Å². The summed E-state index contributed by atoms with van der Waals surface area (Å²) in [5.41, 5.74) is 9.85. The van der Waals surface area contributed by atoms with Crippen molar-refractivity contribution in [2.75, 3.05) is 7.11 Å². The first-order valence-electron chi connectivity index (χ1n) is 5.78. The van der Waals surface area contributed by atoms with Gasteiger partial charge in [0, 0.05) is 6.04 Å². The van der Waals surface area contributed by atoms with Crippen LogP contribution >= 0.6 is 0 Å². The first-order valence-corrected chi connectivity index (χ1v) is 5.78. The van der Waals surface area contributed by atoms with Gasteiger partial charge in [-0.25, -0.2) is 10.9 Å². The molecular weight excluding hydrogens is 216 g/mol. The minimum absolute atomic E-state index is 0.166. The molecule has 1 fully saturated rings. The highest BCUT2D eigenvalue weighted by Crippen LogP contribution is 2.25. The lowest BCUT2D eigenvalue weighted by Crippen LogP contribution is -2.36. The lowest BCUT2D eigenvalue weighted by molar-refractivity contribution is -0.142. The molecule has 1 aromatic carbocycles. The highest BCUT2D eigenvalue weighted by molar-refractivity contribution is 5.76. The van der Waals surface area contributed by atoms with Crippen molar-refractivity contribution in [1.29, 1.82) is 0 Å². The Morgan fingerprint density at radius 1 is 1.35 bits per heavy atom. The van der Waals surface area contributed by atoms with Crippen molar-refractivity contribution in [2.24, 2.45) is 0 Å². The van der Waals surface area contributed by atoms with E-state index >= 15 is 0 Å². The average Bonchev–Trinajstić information content (AvgIpc) is 2.77. The Balaban J connectivity index is 2.12. The topological polar surface area (TPSA) is 50.4 Å². The number of carbonyl (C=O) groups excluding carboxylic acids is 1. The Labute approximate surface area is 101 Å². The molecule has 2 unspecified atom stereocenters. The molecule has 0 saturated carbocycles. The number of rotatable bonds is 2. The van der Waals surface area contributed by atoms with Gasteiger partial charge in [0.25, 0.3) is 0 Å². The van der Waals surface area contributed by atoms with Gasteiger partial charge in [0.05, 0.1) is 7.11 Å². The predicted octanol–water partition coefficient (Wildman–Crippen LogP) is 1.38. The first-order chi connectivity index (χ1) is 8.11. The molecule has 0 spiro atoms. The number of benzene rings is 1. The van der Waals surface area contributed by atoms with Gasteiger partial charge >= 0.3 is 5.97 Å². The van der Waals surface area contributed by atoms with Crippen LogP contribution in [0.5, 0.6) is 0 Å². The number of hydrogen-bond donors (Lipinski definition) is 2. The van der Waals surface area contributed by atoms with Gasteiger partial charge in [-0.3, -0.25) is 4.79 Å². The van der Waals surface area contributed by atoms with E-state index in [1.165, 1.54) is 23.8 Å². The smallest absolute Gasteiger partial charge is 0.324 e. The SMILES string of the molecule is COC(=O)C1CC(c2ccc(C)cc2C)NN1. The summed E-state index contributed by atoms with van der Waals surface area (Å²) in [5, 5.41) is 0. The molecule has 1 saturated heterocycles. The molecule has 1 aliphatic heterocycles. The molecule has 0 amide bonds. The maximum Gasteiger partial charge on any atom is 0.324 e. The summed E-state index contributed by atoms with van der Waals surface area (Å²) < 4.78 is 4.73. The van der Waals surface area contributed by atoms with Crippen LogP contribution in [-0.4, -0.2) is 19.1 Å². The van der Waals surface area contributed by atoms with Crippen molar-refractivity contribution in [2.45, 2.75) is 32.4 Å². The van der Waals surface area contributed by atoms with Gasteiger partial charge in [-0.05, 0) is 31.4 Å². The second-order valence-electron chi connectivity index (χ2n) is 4.51. The normalized spacial score (nSPS) is 23.7. The van der Waals surface area contributed by atoms with Crippen LogP contribution in [0.25, 0.3) is 0 Å². The van der Waals surface area contributed by atoms with Crippen LogP contribution in [0.4, 0.5) is 0 Å². The van der Waals surface area contributed by atoms with E-state index in [1.54, 1.807) is 0 Å². The largest absolute Gasteiger partial charge is 0.468 e. The maximum atomic E-state index is 11.4. The summed E-state index contributed by atoms with van der Waals surface area (Å²) in [7, 11) is 1.41. The number of hydrogen-bond acceptors (Lipinski definition) is 4. The molecule has 4 nitrogen and oxygen atoms in total. The van der Waals surface area contributed by atoms with E-state index in [0.717, 1.165) is 6.42 Å². The van der Waals surface area contributed by atoms with Gasteiger partial charge < -0.3 is 4.74 Å². The molecule has 1 heterocycles. The highest BCUT2D eigenvalue weighted by Gasteiger charge is 2.31. The first kappa shape index (κ1) is 12.1. The van der Waals surface area contributed by atoms with E-state index in [4.69, 9.17) is 4.74 Å². The molecular formula is C13H18N2O2. The molecule has 1 aliphatic rings. The summed E-state index contributed by atoms with van der Waals surface area (Å²) in [5.74, 6) is -0.218. The second kappa shape index (κ2) is 4.85. The Morgan fingerprint density at radius 2 is 2.12 bits per heavy atom. The van der Waals surface area contributed by atoms with Crippen molar-refractivity contribution >= 4 is 5.97 Å². The molecule has 4 heteroatoms. The fourth-order valence-electron chi connectivity index (χ4n) is 2.27. The number of ether oxygens (including phenoxy) is 1. The number of esters is 1. The fraction of sp³-hybridized carbons (Fsp3) is 0.462. The number of hydrazine groups is 1. The third-order valence-electron chi connectivity index (χ3n) is 3.19. The van der Waals surface area contributed by atoms with Crippen LogP contribution in [-0.2, 0) is 9.53 Å². The minimum atomic E-state index is -0.259. The Kier molecular flexibility index (Phi) is 3.45. The molecule has 0 aromatic heterocycles. The summed E-state index contributed by atoms with van der Waals surface area (Å²) in [6.45, 7) is 4.17. The van der Waals surface area contributed by atoms with Gasteiger partial charge in [-0.1, -0.05) is 23.8 Å². The van der Waals surface area contributed by atoms with E-state index in [2.05, 4.69) is 42.9 Å². The van der Waals surface area contributed by atoms with Crippen molar-refractivity contribution in [3.8, 4) is 0 Å². The summed E-state index contributed by atoms with van der Waals surface area (Å²) >= 11 is 0. The summed E-state index contributed by atoms with van der Waals surface area (Å²) in [6.07, 6.45) is 0.719. The van der Waals surface area contributed by atoms with Crippen molar-refractivity contribution in [1.82, 2.24) is 10.9 Å². The highest BCUT2D eigenvalue weighted by atomic mass is 16.5. The van der Waals surface area contributed by atoms with Crippen LogP contribution < -0.4 is 10.9 Å². The monoisotopic (exact) mass is 234 g/mol. The van der Waals surface area contributed by atoms with E-state index in [0.29, 0.717) is 0 Å². The number of nitrogens with one attached hydrogen (secondary N) is 2. The van der Waals surface area contributed by atoms with Crippen molar-refractivity contribution in [3.63, 3.8) is 0 Å². The van der Waals surface area contributed by atoms with Crippen LogP contribution in [0.2, 0.25) is 0 Å². The van der Waals surface area contributed by atoms with Crippen LogP contribution in [0, 0.1) is 13.8 Å². The van der Waals surface area contributed by atoms with Crippen LogP contribution in [0.1, 0.15) is 29.2 Å². The van der Waals surface area contributed by atoms with Gasteiger partial charge in [0.2, 0.25) is 0 Å². The molecule has 2 atom stereocenters. The molecule has 1 aromatic rings. The third-order valence-corrected chi connectivity index (χ3v) is 3.19. The fourth-order valence-corrected chi connectivity index (χ4v) is 2.27.